The third-order valence-corrected chi connectivity index (χ3v) is 1.55. The fraction of sp³-hybridized carbons (Fsp3) is 0.600. The van der Waals surface area contributed by atoms with Gasteiger partial charge in [-0.1, -0.05) is 8.93 Å². The van der Waals surface area contributed by atoms with E-state index in [2.05, 4.69) is 8.93 Å². The molecule has 46 valence electrons. The van der Waals surface area contributed by atoms with Crippen molar-refractivity contribution >= 4 is 17.4 Å². The van der Waals surface area contributed by atoms with Gasteiger partial charge in [0.05, 0.1) is 6.61 Å². The maximum Gasteiger partial charge on any atom is 0.204 e. The summed E-state index contributed by atoms with van der Waals surface area (Å²) in [6, 6.07) is 0. The van der Waals surface area contributed by atoms with E-state index in [1.807, 2.05) is 6.92 Å². The fourth-order valence-electron chi connectivity index (χ4n) is 0.271. The van der Waals surface area contributed by atoms with Gasteiger partial charge < -0.3 is 4.52 Å². The average molecular weight is 149 g/mol. The van der Waals surface area contributed by atoms with Crippen molar-refractivity contribution in [3.63, 3.8) is 0 Å². The van der Waals surface area contributed by atoms with Gasteiger partial charge in [-0.05, 0) is 0 Å². The lowest BCUT2D eigenvalue weighted by Gasteiger charge is -1.92. The Balaban J connectivity index is 2.82. The topological polar surface area (TPSA) is 9.23 Å². The summed E-state index contributed by atoms with van der Waals surface area (Å²) in [6.45, 7) is 8.02. The van der Waals surface area contributed by atoms with Gasteiger partial charge in [-0.2, -0.15) is 0 Å². The summed E-state index contributed by atoms with van der Waals surface area (Å²) in [5.74, 6) is 0. The van der Waals surface area contributed by atoms with E-state index in [-0.39, 0.29) is 0 Å². The molecular formula is C5H11OP2+. The molecule has 3 heteroatoms. The van der Waals surface area contributed by atoms with Crippen LogP contribution in [0.2, 0.25) is 0 Å². The molecule has 0 heterocycles. The summed E-state index contributed by atoms with van der Waals surface area (Å²) in [4.78, 5) is 0. The summed E-state index contributed by atoms with van der Waals surface area (Å²) < 4.78 is 5.03. The van der Waals surface area contributed by atoms with E-state index >= 15 is 0 Å². The van der Waals surface area contributed by atoms with E-state index in [4.69, 9.17) is 11.1 Å². The van der Waals surface area contributed by atoms with Gasteiger partial charge in [-0.3, -0.25) is 0 Å². The van der Waals surface area contributed by atoms with Crippen molar-refractivity contribution in [2.24, 2.45) is 0 Å². The number of hydrogen-bond acceptors (Lipinski definition) is 1. The van der Waals surface area contributed by atoms with E-state index in [0.29, 0.717) is 8.50 Å². The van der Waals surface area contributed by atoms with E-state index < -0.39 is 0 Å². The zero-order chi connectivity index (χ0) is 6.41. The first kappa shape index (κ1) is 8.47. The van der Waals surface area contributed by atoms with Crippen molar-refractivity contribution in [3.05, 3.63) is 12.2 Å². The molecule has 8 heavy (non-hydrogen) atoms. The predicted molar refractivity (Wildman–Crippen MR) is 42.1 cm³/mol. The van der Waals surface area contributed by atoms with Gasteiger partial charge in [-0.25, -0.2) is 0 Å². The van der Waals surface area contributed by atoms with Gasteiger partial charge in [0.2, 0.25) is 6.58 Å². The lowest BCUT2D eigenvalue weighted by atomic mass is 10.3. The first-order valence-corrected chi connectivity index (χ1v) is 5.14. The van der Waals surface area contributed by atoms with Crippen molar-refractivity contribution in [2.75, 3.05) is 6.61 Å². The molecule has 0 saturated heterocycles. The van der Waals surface area contributed by atoms with E-state index in [0.717, 1.165) is 18.6 Å². The summed E-state index contributed by atoms with van der Waals surface area (Å²) in [5, 5.41) is 0. The summed E-state index contributed by atoms with van der Waals surface area (Å²) in [6.07, 6.45) is 0.876. The van der Waals surface area contributed by atoms with Crippen LogP contribution in [0.5, 0.6) is 0 Å². The summed E-state index contributed by atoms with van der Waals surface area (Å²) >= 11 is 0. The molecule has 0 aliphatic rings. The molecule has 0 amide bonds. The molecule has 0 bridgehead atoms. The molecule has 2 unspecified atom stereocenters. The molecular weight excluding hydrogens is 138 g/mol. The molecule has 0 spiro atoms. The van der Waals surface area contributed by atoms with Crippen LogP contribution in [0.4, 0.5) is 0 Å². The Hall–Kier alpha value is 0.470. The van der Waals surface area contributed by atoms with Crippen molar-refractivity contribution in [2.45, 2.75) is 13.3 Å². The zero-order valence-corrected chi connectivity index (χ0v) is 7.13. The second-order valence-corrected chi connectivity index (χ2v) is 2.79. The third-order valence-electron chi connectivity index (χ3n) is 0.682. The Bertz CT molecular complexity index is 72.8. The van der Waals surface area contributed by atoms with Crippen LogP contribution in [0.1, 0.15) is 13.3 Å². The first-order valence-electron chi connectivity index (χ1n) is 2.42. The minimum absolute atomic E-state index is 0.505. The highest BCUT2D eigenvalue weighted by Crippen LogP contribution is 2.21. The van der Waals surface area contributed by atoms with Crippen molar-refractivity contribution in [3.8, 4) is 0 Å². The lowest BCUT2D eigenvalue weighted by molar-refractivity contribution is 0.374. The van der Waals surface area contributed by atoms with E-state index in [9.17, 15) is 0 Å². The van der Waals surface area contributed by atoms with Crippen LogP contribution in [0, 0.1) is 6.58 Å². The molecule has 0 radical (unpaired) electrons. The molecule has 0 aliphatic carbocycles. The Morgan fingerprint density at radius 1 is 1.88 bits per heavy atom. The maximum absolute atomic E-state index is 5.37. The van der Waals surface area contributed by atoms with Crippen LogP contribution in [-0.2, 0) is 4.52 Å². The number of hydrogen-bond donors (Lipinski definition) is 0. The lowest BCUT2D eigenvalue weighted by Crippen LogP contribution is -1.83. The van der Waals surface area contributed by atoms with E-state index in [1.54, 1.807) is 0 Å². The van der Waals surface area contributed by atoms with Crippen LogP contribution < -0.4 is 0 Å². The molecule has 0 aromatic rings. The number of rotatable bonds is 4. The maximum atomic E-state index is 5.37. The highest BCUT2D eigenvalue weighted by Gasteiger charge is 1.92. The van der Waals surface area contributed by atoms with Crippen LogP contribution in [-0.4, -0.2) is 6.61 Å². The molecule has 0 N–H and O–H groups in total. The van der Waals surface area contributed by atoms with Crippen LogP contribution in [0.25, 0.3) is 0 Å². The van der Waals surface area contributed by atoms with Gasteiger partial charge in [0.15, 0.2) is 5.57 Å². The van der Waals surface area contributed by atoms with Gasteiger partial charge in [0.1, 0.15) is 0 Å². The predicted octanol–water partition coefficient (Wildman–Crippen LogP) is 2.16. The van der Waals surface area contributed by atoms with Crippen LogP contribution in [0.3, 0.4) is 0 Å². The van der Waals surface area contributed by atoms with Crippen molar-refractivity contribution in [1.82, 2.24) is 0 Å². The molecule has 0 saturated carbocycles. The minimum Gasteiger partial charge on any atom is -0.358 e. The molecule has 2 atom stereocenters. The first-order chi connectivity index (χ1) is 3.77. The van der Waals surface area contributed by atoms with Gasteiger partial charge in [-0.15, -0.1) is 0 Å². The van der Waals surface area contributed by atoms with E-state index in [1.165, 1.54) is 0 Å². The molecule has 0 aromatic heterocycles. The Morgan fingerprint density at radius 2 is 2.50 bits per heavy atom. The molecule has 0 rings (SSSR count). The van der Waals surface area contributed by atoms with Gasteiger partial charge in [0.25, 0.3) is 0 Å². The Morgan fingerprint density at radius 3 is 2.88 bits per heavy atom. The second kappa shape index (κ2) is 5.60. The van der Waals surface area contributed by atoms with Crippen LogP contribution >= 0.6 is 17.4 Å². The van der Waals surface area contributed by atoms with Crippen LogP contribution in [0.15, 0.2) is 5.57 Å². The highest BCUT2D eigenvalue weighted by atomic mass is 32.0. The Labute approximate surface area is 54.8 Å². The quantitative estimate of drug-likeness (QED) is 0.338. The van der Waals surface area contributed by atoms with Gasteiger partial charge >= 0.3 is 0 Å². The molecule has 0 aliphatic heterocycles. The molecule has 0 aromatic carbocycles. The smallest absolute Gasteiger partial charge is 0.204 e. The zero-order valence-electron chi connectivity index (χ0n) is 4.98. The van der Waals surface area contributed by atoms with Crippen molar-refractivity contribution in [1.29, 1.82) is 0 Å². The second-order valence-electron chi connectivity index (χ2n) is 1.56. The summed E-state index contributed by atoms with van der Waals surface area (Å²) in [7, 11) is 3.02. The molecule has 0 fully saturated rings. The largest absolute Gasteiger partial charge is 0.358 e. The SMILES string of the molecule is [CH+]=C(C)CCOPP. The minimum atomic E-state index is 0.505. The normalized spacial score (nSPS) is 10.6. The standard InChI is InChI=1S/C5H11OP2/c1-5(2)3-4-6-8-7/h1,8H,3-4,7H2,2H3/q+1. The third kappa shape index (κ3) is 6.47. The fourth-order valence-corrected chi connectivity index (χ4v) is 0.844. The van der Waals surface area contributed by atoms with Gasteiger partial charge in [0, 0.05) is 21.8 Å². The highest BCUT2D eigenvalue weighted by molar-refractivity contribution is 8.00. The summed E-state index contributed by atoms with van der Waals surface area (Å²) in [5.41, 5.74) is 0.938. The van der Waals surface area contributed by atoms with Crippen molar-refractivity contribution < 1.29 is 4.52 Å². The Kier molecular flexibility index (Phi) is 5.93. The monoisotopic (exact) mass is 149 g/mol. The average Bonchev–Trinajstić information content (AvgIpc) is 1.66. The molecule has 1 nitrogen and oxygen atoms in total.